The molecule has 0 aliphatic heterocycles. The van der Waals surface area contributed by atoms with Gasteiger partial charge in [0.05, 0.1) is 24.5 Å². The molecule has 4 aromatic rings. The number of halogens is 3. The quantitative estimate of drug-likeness (QED) is 0.395. The van der Waals surface area contributed by atoms with Gasteiger partial charge in [-0.1, -0.05) is 30.3 Å². The molecule has 1 aromatic heterocycles. The highest BCUT2D eigenvalue weighted by Crippen LogP contribution is 2.43. The minimum absolute atomic E-state index is 0.226. The fourth-order valence-corrected chi connectivity index (χ4v) is 4.35. The van der Waals surface area contributed by atoms with Gasteiger partial charge in [-0.25, -0.2) is 4.68 Å². The van der Waals surface area contributed by atoms with Crippen molar-refractivity contribution in [3.8, 4) is 11.4 Å². The molecule has 1 unspecified atom stereocenters. The van der Waals surface area contributed by atoms with Crippen molar-refractivity contribution in [1.82, 2.24) is 9.78 Å². The summed E-state index contributed by atoms with van der Waals surface area (Å²) in [6, 6.07) is 20.2. The number of para-hydroxylation sites is 1. The van der Waals surface area contributed by atoms with Gasteiger partial charge in [0, 0.05) is 16.0 Å². The second kappa shape index (κ2) is 8.28. The zero-order valence-electron chi connectivity index (χ0n) is 16.5. The van der Waals surface area contributed by atoms with Crippen molar-refractivity contribution >= 4 is 22.7 Å². The van der Waals surface area contributed by atoms with E-state index < -0.39 is 17.5 Å². The molecule has 0 radical (unpaired) electrons. The maximum Gasteiger partial charge on any atom is 0.422 e. The van der Waals surface area contributed by atoms with Crippen LogP contribution in [0.5, 0.6) is 5.75 Å². The van der Waals surface area contributed by atoms with Gasteiger partial charge in [-0.05, 0) is 48.0 Å². The topological polar surface area (TPSA) is 47.3 Å². The highest BCUT2D eigenvalue weighted by molar-refractivity contribution is 7.99. The highest BCUT2D eigenvalue weighted by Gasteiger charge is 2.55. The van der Waals surface area contributed by atoms with Crippen LogP contribution >= 0.6 is 11.8 Å². The standard InChI is InChI=1S/C23H19F3N2O2S/c1-30-19-8-5-9-20(13-19)31-15-22(29,23(24,25)26)17-10-11-21-16(12-17)14-27-28(21)18-6-3-2-4-7-18/h2-14,29H,15H2,1H3. The van der Waals surface area contributed by atoms with E-state index in [0.29, 0.717) is 21.5 Å². The summed E-state index contributed by atoms with van der Waals surface area (Å²) in [5, 5.41) is 15.6. The Morgan fingerprint density at radius 1 is 1.00 bits per heavy atom. The van der Waals surface area contributed by atoms with Gasteiger partial charge in [-0.15, -0.1) is 11.8 Å². The molecule has 0 saturated carbocycles. The molecule has 3 aromatic carbocycles. The Morgan fingerprint density at radius 2 is 1.77 bits per heavy atom. The third-order valence-electron chi connectivity index (χ3n) is 5.00. The smallest absolute Gasteiger partial charge is 0.422 e. The lowest BCUT2D eigenvalue weighted by molar-refractivity contribution is -0.256. The lowest BCUT2D eigenvalue weighted by Crippen LogP contribution is -2.44. The second-order valence-corrected chi connectivity index (χ2v) is 8.04. The van der Waals surface area contributed by atoms with E-state index in [0.717, 1.165) is 17.4 Å². The monoisotopic (exact) mass is 444 g/mol. The van der Waals surface area contributed by atoms with Gasteiger partial charge >= 0.3 is 6.18 Å². The Morgan fingerprint density at radius 3 is 2.48 bits per heavy atom. The summed E-state index contributed by atoms with van der Waals surface area (Å²) in [4.78, 5) is 0.569. The van der Waals surface area contributed by atoms with Crippen LogP contribution in [0.1, 0.15) is 5.56 Å². The number of alkyl halides is 3. The third kappa shape index (κ3) is 4.13. The van der Waals surface area contributed by atoms with Gasteiger partial charge in [0.2, 0.25) is 0 Å². The largest absolute Gasteiger partial charge is 0.497 e. The fraction of sp³-hybridized carbons (Fsp3) is 0.174. The number of hydrogen-bond acceptors (Lipinski definition) is 4. The molecule has 0 saturated heterocycles. The predicted octanol–water partition coefficient (Wildman–Crippen LogP) is 5.58. The van der Waals surface area contributed by atoms with E-state index in [9.17, 15) is 18.3 Å². The predicted molar refractivity (Wildman–Crippen MR) is 115 cm³/mol. The summed E-state index contributed by atoms with van der Waals surface area (Å²) >= 11 is 0.915. The molecule has 4 nitrogen and oxygen atoms in total. The minimum atomic E-state index is -4.86. The van der Waals surface area contributed by atoms with E-state index in [4.69, 9.17) is 4.74 Å². The Kier molecular flexibility index (Phi) is 5.68. The van der Waals surface area contributed by atoms with Gasteiger partial charge in [0.1, 0.15) is 5.75 Å². The molecule has 1 N–H and O–H groups in total. The summed E-state index contributed by atoms with van der Waals surface area (Å²) in [6.45, 7) is 0. The van der Waals surface area contributed by atoms with Crippen molar-refractivity contribution in [3.05, 3.63) is 84.6 Å². The van der Waals surface area contributed by atoms with Crippen molar-refractivity contribution in [2.45, 2.75) is 16.7 Å². The van der Waals surface area contributed by atoms with Gasteiger partial charge in [-0.3, -0.25) is 0 Å². The maximum atomic E-state index is 14.0. The van der Waals surface area contributed by atoms with E-state index in [1.165, 1.54) is 25.4 Å². The number of rotatable bonds is 6. The first-order valence-electron chi connectivity index (χ1n) is 9.41. The third-order valence-corrected chi connectivity index (χ3v) is 6.15. The molecule has 4 rings (SSSR count). The molecule has 1 heterocycles. The number of fused-ring (bicyclic) bond motifs is 1. The van der Waals surface area contributed by atoms with E-state index in [-0.39, 0.29) is 5.56 Å². The number of aliphatic hydroxyl groups is 1. The molecule has 0 bridgehead atoms. The number of nitrogens with zero attached hydrogens (tertiary/aromatic N) is 2. The van der Waals surface area contributed by atoms with E-state index >= 15 is 0 Å². The lowest BCUT2D eigenvalue weighted by atomic mass is 9.94. The molecule has 1 atom stereocenters. The molecule has 8 heteroatoms. The Balaban J connectivity index is 1.68. The highest BCUT2D eigenvalue weighted by atomic mass is 32.2. The minimum Gasteiger partial charge on any atom is -0.497 e. The number of hydrogen-bond donors (Lipinski definition) is 1. The number of benzene rings is 3. The Bertz CT molecular complexity index is 1190. The maximum absolute atomic E-state index is 14.0. The average Bonchev–Trinajstić information content (AvgIpc) is 3.20. The summed E-state index contributed by atoms with van der Waals surface area (Å²) in [7, 11) is 1.49. The number of thioether (sulfide) groups is 1. The summed E-state index contributed by atoms with van der Waals surface area (Å²) in [5.74, 6) is -0.0579. The zero-order valence-corrected chi connectivity index (χ0v) is 17.3. The lowest BCUT2D eigenvalue weighted by Gasteiger charge is -2.31. The van der Waals surface area contributed by atoms with Crippen molar-refractivity contribution in [2.24, 2.45) is 0 Å². The number of ether oxygens (including phenoxy) is 1. The van der Waals surface area contributed by atoms with Crippen LogP contribution in [0.15, 0.2) is 83.9 Å². The van der Waals surface area contributed by atoms with Crippen LogP contribution < -0.4 is 4.74 Å². The SMILES string of the molecule is COc1cccc(SCC(O)(c2ccc3c(cnn3-c3ccccc3)c2)C(F)(F)F)c1. The molecule has 0 aliphatic rings. The van der Waals surface area contributed by atoms with Crippen LogP contribution in [-0.4, -0.2) is 33.9 Å². The summed E-state index contributed by atoms with van der Waals surface area (Å²) in [5.41, 5.74) is -1.80. The van der Waals surface area contributed by atoms with E-state index in [2.05, 4.69) is 5.10 Å². The number of methoxy groups -OCH3 is 1. The Labute approximate surface area is 181 Å². The van der Waals surface area contributed by atoms with Crippen molar-refractivity contribution in [3.63, 3.8) is 0 Å². The van der Waals surface area contributed by atoms with E-state index in [1.807, 2.05) is 30.3 Å². The molecule has 0 spiro atoms. The van der Waals surface area contributed by atoms with Crippen LogP contribution in [0.2, 0.25) is 0 Å². The van der Waals surface area contributed by atoms with Crippen LogP contribution in [0.4, 0.5) is 13.2 Å². The molecule has 0 amide bonds. The van der Waals surface area contributed by atoms with Crippen molar-refractivity contribution in [2.75, 3.05) is 12.9 Å². The molecule has 0 aliphatic carbocycles. The molecule has 31 heavy (non-hydrogen) atoms. The van der Waals surface area contributed by atoms with Crippen LogP contribution in [0.25, 0.3) is 16.6 Å². The number of aromatic nitrogens is 2. The van der Waals surface area contributed by atoms with Gasteiger partial charge in [0.15, 0.2) is 5.60 Å². The fourth-order valence-electron chi connectivity index (χ4n) is 3.27. The first-order valence-corrected chi connectivity index (χ1v) is 10.4. The normalized spacial score (nSPS) is 13.8. The zero-order chi connectivity index (χ0) is 22.1. The summed E-state index contributed by atoms with van der Waals surface area (Å²) in [6.07, 6.45) is -3.36. The summed E-state index contributed by atoms with van der Waals surface area (Å²) < 4.78 is 48.8. The van der Waals surface area contributed by atoms with E-state index in [1.54, 1.807) is 35.0 Å². The van der Waals surface area contributed by atoms with Crippen LogP contribution in [-0.2, 0) is 5.60 Å². The first-order chi connectivity index (χ1) is 14.8. The molecular weight excluding hydrogens is 425 g/mol. The van der Waals surface area contributed by atoms with Crippen molar-refractivity contribution in [1.29, 1.82) is 0 Å². The first kappa shape index (κ1) is 21.3. The molecule has 160 valence electrons. The second-order valence-electron chi connectivity index (χ2n) is 6.99. The van der Waals surface area contributed by atoms with Crippen LogP contribution in [0.3, 0.4) is 0 Å². The Hall–Kier alpha value is -2.97. The molecular formula is C23H19F3N2O2S. The average molecular weight is 444 g/mol. The van der Waals surface area contributed by atoms with Gasteiger partial charge in [-0.2, -0.15) is 18.3 Å². The van der Waals surface area contributed by atoms with Crippen LogP contribution in [0, 0.1) is 0 Å². The molecule has 0 fully saturated rings. The van der Waals surface area contributed by atoms with Crippen molar-refractivity contribution < 1.29 is 23.0 Å². The van der Waals surface area contributed by atoms with Gasteiger partial charge in [0.25, 0.3) is 0 Å². The van der Waals surface area contributed by atoms with Gasteiger partial charge < -0.3 is 9.84 Å².